The van der Waals surface area contributed by atoms with Crippen LogP contribution < -0.4 is 5.56 Å². The number of likely N-dealkylation sites (tertiary alicyclic amines) is 1. The highest BCUT2D eigenvalue weighted by Gasteiger charge is 2.28. The summed E-state index contributed by atoms with van der Waals surface area (Å²) < 4.78 is 1.53. The van der Waals surface area contributed by atoms with Crippen molar-refractivity contribution in [3.05, 3.63) is 57.5 Å². The van der Waals surface area contributed by atoms with E-state index < -0.39 is 0 Å². The molecule has 0 N–H and O–H groups in total. The van der Waals surface area contributed by atoms with E-state index in [1.54, 1.807) is 30.5 Å². The maximum atomic E-state index is 13.0. The zero-order chi connectivity index (χ0) is 17.3. The van der Waals surface area contributed by atoms with Crippen molar-refractivity contribution in [3.8, 4) is 0 Å². The second-order valence-electron chi connectivity index (χ2n) is 6.43. The van der Waals surface area contributed by atoms with Crippen LogP contribution in [0.5, 0.6) is 0 Å². The van der Waals surface area contributed by atoms with Crippen molar-refractivity contribution >= 4 is 5.91 Å². The van der Waals surface area contributed by atoms with Gasteiger partial charge in [0, 0.05) is 50.3 Å². The molecule has 0 saturated carbocycles. The number of carbonyl (C=O) groups excluding carboxylic acids is 1. The van der Waals surface area contributed by atoms with Gasteiger partial charge in [-0.15, -0.1) is 0 Å². The molecule has 0 aliphatic carbocycles. The highest BCUT2D eigenvalue weighted by molar-refractivity contribution is 5.95. The Labute approximate surface area is 141 Å². The summed E-state index contributed by atoms with van der Waals surface area (Å²) in [6.07, 6.45) is 6.96. The molecule has 0 bridgehead atoms. The number of nitrogens with zero attached hydrogens (tertiary/aromatic N) is 4. The molecular weight excluding hydrogens is 304 g/mol. The molecule has 1 fully saturated rings. The van der Waals surface area contributed by atoms with Gasteiger partial charge in [0.15, 0.2) is 0 Å². The van der Waals surface area contributed by atoms with Crippen molar-refractivity contribution in [2.45, 2.75) is 32.6 Å². The molecule has 1 aliphatic heterocycles. The lowest BCUT2D eigenvalue weighted by atomic mass is 9.94. The zero-order valence-electron chi connectivity index (χ0n) is 14.3. The Morgan fingerprint density at radius 3 is 2.79 bits per heavy atom. The Morgan fingerprint density at radius 1 is 1.29 bits per heavy atom. The molecule has 6 nitrogen and oxygen atoms in total. The van der Waals surface area contributed by atoms with Gasteiger partial charge in [-0.1, -0.05) is 0 Å². The van der Waals surface area contributed by atoms with Crippen LogP contribution in [0, 0.1) is 13.8 Å². The minimum absolute atomic E-state index is 0.172. The summed E-state index contributed by atoms with van der Waals surface area (Å²) in [7, 11) is 1.70. The van der Waals surface area contributed by atoms with Crippen LogP contribution in [0.25, 0.3) is 0 Å². The van der Waals surface area contributed by atoms with Gasteiger partial charge in [0.25, 0.3) is 11.5 Å². The van der Waals surface area contributed by atoms with E-state index in [9.17, 15) is 9.59 Å². The Balaban J connectivity index is 1.88. The Bertz CT molecular complexity index is 814. The predicted molar refractivity (Wildman–Crippen MR) is 91.1 cm³/mol. The van der Waals surface area contributed by atoms with Crippen molar-refractivity contribution in [1.29, 1.82) is 0 Å². The number of hydrogen-bond donors (Lipinski definition) is 0. The average molecular weight is 326 g/mol. The molecule has 1 amide bonds. The SMILES string of the molecule is Cc1cc(C)n(C)c(=O)c1C(=O)N1CCC[C@H](c2cnccn2)C1. The van der Waals surface area contributed by atoms with Crippen LogP contribution in [0.2, 0.25) is 0 Å². The molecule has 0 spiro atoms. The van der Waals surface area contributed by atoms with Crippen LogP contribution in [0.15, 0.2) is 29.5 Å². The molecule has 3 heterocycles. The van der Waals surface area contributed by atoms with Gasteiger partial charge in [0.2, 0.25) is 0 Å². The normalized spacial score (nSPS) is 17.8. The van der Waals surface area contributed by atoms with E-state index >= 15 is 0 Å². The third-order valence-corrected chi connectivity index (χ3v) is 4.79. The van der Waals surface area contributed by atoms with Gasteiger partial charge in [-0.25, -0.2) is 0 Å². The van der Waals surface area contributed by atoms with Gasteiger partial charge in [-0.2, -0.15) is 0 Å². The molecule has 2 aromatic rings. The van der Waals surface area contributed by atoms with Crippen molar-refractivity contribution < 1.29 is 4.79 Å². The number of aromatic nitrogens is 3. The number of amides is 1. The number of hydrogen-bond acceptors (Lipinski definition) is 4. The first-order chi connectivity index (χ1) is 11.5. The topological polar surface area (TPSA) is 68.1 Å². The number of pyridine rings is 1. The predicted octanol–water partition coefficient (Wildman–Crippen LogP) is 1.81. The van der Waals surface area contributed by atoms with Crippen LogP contribution in [0.1, 0.15) is 46.1 Å². The molecule has 2 aromatic heterocycles. The standard InChI is InChI=1S/C18H22N4O2/c1-12-9-13(2)21(3)17(23)16(12)18(24)22-8-4-5-14(11-22)15-10-19-6-7-20-15/h6-7,9-10,14H,4-5,8,11H2,1-3H3/t14-/m0/s1. The molecule has 3 rings (SSSR count). The quantitative estimate of drug-likeness (QED) is 0.844. The molecule has 126 valence electrons. The maximum absolute atomic E-state index is 13.0. The van der Waals surface area contributed by atoms with Crippen molar-refractivity contribution in [2.75, 3.05) is 13.1 Å². The summed E-state index contributed by atoms with van der Waals surface area (Å²) in [5.74, 6) is -0.00676. The molecule has 24 heavy (non-hydrogen) atoms. The third-order valence-electron chi connectivity index (χ3n) is 4.79. The largest absolute Gasteiger partial charge is 0.338 e. The molecule has 0 radical (unpaired) electrons. The van der Waals surface area contributed by atoms with E-state index in [1.165, 1.54) is 4.57 Å². The lowest BCUT2D eigenvalue weighted by Crippen LogP contribution is -2.42. The van der Waals surface area contributed by atoms with E-state index in [2.05, 4.69) is 9.97 Å². The average Bonchev–Trinajstić information content (AvgIpc) is 2.60. The lowest BCUT2D eigenvalue weighted by molar-refractivity contribution is 0.0702. The first kappa shape index (κ1) is 16.4. The molecule has 1 atom stereocenters. The van der Waals surface area contributed by atoms with Crippen LogP contribution in [0.4, 0.5) is 0 Å². The number of piperidine rings is 1. The fourth-order valence-electron chi connectivity index (χ4n) is 3.32. The number of carbonyl (C=O) groups is 1. The summed E-state index contributed by atoms with van der Waals surface area (Å²) in [4.78, 5) is 35.8. The van der Waals surface area contributed by atoms with Gasteiger partial charge >= 0.3 is 0 Å². The van der Waals surface area contributed by atoms with Crippen LogP contribution >= 0.6 is 0 Å². The van der Waals surface area contributed by atoms with E-state index in [4.69, 9.17) is 0 Å². The zero-order valence-corrected chi connectivity index (χ0v) is 14.3. The first-order valence-electron chi connectivity index (χ1n) is 8.21. The van der Waals surface area contributed by atoms with Gasteiger partial charge in [-0.3, -0.25) is 19.6 Å². The monoisotopic (exact) mass is 326 g/mol. The second kappa shape index (κ2) is 6.55. The van der Waals surface area contributed by atoms with Crippen molar-refractivity contribution in [1.82, 2.24) is 19.4 Å². The van der Waals surface area contributed by atoms with E-state index in [-0.39, 0.29) is 22.9 Å². The van der Waals surface area contributed by atoms with E-state index in [0.717, 1.165) is 29.8 Å². The van der Waals surface area contributed by atoms with Gasteiger partial charge in [0.1, 0.15) is 5.56 Å². The minimum Gasteiger partial charge on any atom is -0.338 e. The summed E-state index contributed by atoms with van der Waals surface area (Å²) >= 11 is 0. The highest BCUT2D eigenvalue weighted by atomic mass is 16.2. The number of rotatable bonds is 2. The highest BCUT2D eigenvalue weighted by Crippen LogP contribution is 2.26. The number of aryl methyl sites for hydroxylation is 2. The summed E-state index contributed by atoms with van der Waals surface area (Å²) in [6, 6.07) is 1.89. The molecular formula is C18H22N4O2. The lowest BCUT2D eigenvalue weighted by Gasteiger charge is -2.32. The molecule has 1 aliphatic rings. The summed E-state index contributed by atoms with van der Waals surface area (Å²) in [6.45, 7) is 4.94. The molecule has 0 aromatic carbocycles. The van der Waals surface area contributed by atoms with E-state index in [1.807, 2.05) is 19.9 Å². The van der Waals surface area contributed by atoms with Crippen LogP contribution in [0.3, 0.4) is 0 Å². The Hall–Kier alpha value is -2.50. The maximum Gasteiger partial charge on any atom is 0.263 e. The summed E-state index contributed by atoms with van der Waals surface area (Å²) in [5.41, 5.74) is 2.55. The Morgan fingerprint density at radius 2 is 2.08 bits per heavy atom. The smallest absolute Gasteiger partial charge is 0.263 e. The molecule has 1 saturated heterocycles. The minimum atomic E-state index is -0.223. The second-order valence-corrected chi connectivity index (χ2v) is 6.43. The van der Waals surface area contributed by atoms with E-state index in [0.29, 0.717) is 13.1 Å². The van der Waals surface area contributed by atoms with Crippen molar-refractivity contribution in [3.63, 3.8) is 0 Å². The molecule has 0 unspecified atom stereocenters. The fraction of sp³-hybridized carbons (Fsp3) is 0.444. The van der Waals surface area contributed by atoms with Crippen LogP contribution in [-0.2, 0) is 7.05 Å². The van der Waals surface area contributed by atoms with Crippen molar-refractivity contribution in [2.24, 2.45) is 7.05 Å². The van der Waals surface area contributed by atoms with Gasteiger partial charge < -0.3 is 9.47 Å². The van der Waals surface area contributed by atoms with Gasteiger partial charge in [-0.05, 0) is 38.3 Å². The fourth-order valence-corrected chi connectivity index (χ4v) is 3.32. The van der Waals surface area contributed by atoms with Crippen LogP contribution in [-0.4, -0.2) is 38.4 Å². The summed E-state index contributed by atoms with van der Waals surface area (Å²) in [5, 5.41) is 0. The molecule has 6 heteroatoms. The van der Waals surface area contributed by atoms with Gasteiger partial charge in [0.05, 0.1) is 5.69 Å². The first-order valence-corrected chi connectivity index (χ1v) is 8.21. The third kappa shape index (κ3) is 2.96. The Kier molecular flexibility index (Phi) is 4.46.